The molecule has 134 valence electrons. The molecule has 1 nitrogen and oxygen atoms in total. The zero-order valence-electron chi connectivity index (χ0n) is 11.3. The Morgan fingerprint density at radius 1 is 0.682 bits per heavy atom. The molecular weight excluding hydrogens is 345 g/mol. The molecule has 0 radical (unpaired) electrons. The van der Waals surface area contributed by atoms with Crippen molar-refractivity contribution in [1.82, 2.24) is 0 Å². The van der Waals surface area contributed by atoms with Crippen LogP contribution in [0.5, 0.6) is 0 Å². The lowest BCUT2D eigenvalue weighted by atomic mass is 9.71. The number of rotatable bonds is 5. The van der Waals surface area contributed by atoms with Crippen LogP contribution in [0, 0.1) is 5.41 Å². The number of hydrogen-bond donors (Lipinski definition) is 0. The van der Waals surface area contributed by atoms with Gasteiger partial charge in [-0.3, -0.25) is 0 Å². The maximum absolute atomic E-state index is 13.8. The lowest BCUT2D eigenvalue weighted by molar-refractivity contribution is -0.446. The van der Waals surface area contributed by atoms with Crippen LogP contribution in [0.25, 0.3) is 0 Å². The van der Waals surface area contributed by atoms with Gasteiger partial charge in [-0.15, -0.1) is 0 Å². The Hall–Kier alpha value is -0.810. The topological polar surface area (TPSA) is 9.23 Å². The molecule has 0 aliphatic rings. The molecule has 0 saturated heterocycles. The highest BCUT2D eigenvalue weighted by Crippen LogP contribution is 2.63. The van der Waals surface area contributed by atoms with Gasteiger partial charge in [0.15, 0.2) is 0 Å². The average Bonchev–Trinajstić information content (AvgIpc) is 2.32. The number of methoxy groups -OCH3 is 1. The van der Waals surface area contributed by atoms with Gasteiger partial charge in [-0.05, 0) is 13.3 Å². The quantitative estimate of drug-likeness (QED) is 0.622. The van der Waals surface area contributed by atoms with Crippen LogP contribution in [0.4, 0.5) is 48.3 Å². The second-order valence-corrected chi connectivity index (χ2v) is 4.63. The summed E-state index contributed by atoms with van der Waals surface area (Å²) in [7, 11) is -0.219. The van der Waals surface area contributed by atoms with Crippen LogP contribution in [0.1, 0.15) is 20.3 Å². The predicted molar refractivity (Wildman–Crippen MR) is 51.3 cm³/mol. The lowest BCUT2D eigenvalue weighted by Gasteiger charge is -2.47. The van der Waals surface area contributed by atoms with E-state index in [0.717, 1.165) is 0 Å². The largest absolute Gasteiger partial charge is 0.454 e. The molecule has 0 aromatic rings. The molecule has 0 aliphatic carbocycles. The summed E-state index contributed by atoms with van der Waals surface area (Å²) >= 11 is 0. The van der Waals surface area contributed by atoms with Crippen LogP contribution in [0.3, 0.4) is 0 Å². The Morgan fingerprint density at radius 2 is 1.05 bits per heavy atom. The van der Waals surface area contributed by atoms with Crippen molar-refractivity contribution >= 4 is 0 Å². The van der Waals surface area contributed by atoms with E-state index >= 15 is 0 Å². The predicted octanol–water partition coefficient (Wildman–Crippen LogP) is 5.11. The first-order valence-electron chi connectivity index (χ1n) is 5.50. The summed E-state index contributed by atoms with van der Waals surface area (Å²) < 4.78 is 145. The van der Waals surface area contributed by atoms with Crippen LogP contribution < -0.4 is 0 Å². The molecular formula is C10H11F11O. The molecule has 0 aromatic carbocycles. The molecule has 0 heterocycles. The second-order valence-electron chi connectivity index (χ2n) is 4.63. The van der Waals surface area contributed by atoms with Gasteiger partial charge in [0, 0.05) is 7.11 Å². The minimum absolute atomic E-state index is 0.219. The van der Waals surface area contributed by atoms with Gasteiger partial charge in [0.25, 0.3) is 0 Å². The zero-order chi connectivity index (χ0) is 18.4. The van der Waals surface area contributed by atoms with Crippen molar-refractivity contribution in [3.63, 3.8) is 0 Å². The first-order chi connectivity index (χ1) is 9.37. The van der Waals surface area contributed by atoms with Crippen molar-refractivity contribution in [3.05, 3.63) is 0 Å². The molecule has 0 fully saturated rings. The van der Waals surface area contributed by atoms with E-state index in [2.05, 4.69) is 4.74 Å². The SMILES string of the molecule is CCC(C)(C(F)(F)C(F)(F)F)C(F)(F)C(F)(OC)C(F)(F)F. The Bertz CT molecular complexity index is 399. The van der Waals surface area contributed by atoms with Crippen LogP contribution >= 0.6 is 0 Å². The smallest absolute Gasteiger partial charge is 0.338 e. The van der Waals surface area contributed by atoms with Gasteiger partial charge in [0.2, 0.25) is 0 Å². The molecule has 0 bridgehead atoms. The molecule has 0 saturated carbocycles. The zero-order valence-corrected chi connectivity index (χ0v) is 11.3. The first kappa shape index (κ1) is 21.2. The monoisotopic (exact) mass is 356 g/mol. The van der Waals surface area contributed by atoms with E-state index in [1.54, 1.807) is 0 Å². The second kappa shape index (κ2) is 5.38. The highest BCUT2D eigenvalue weighted by molar-refractivity contribution is 5.09. The Morgan fingerprint density at radius 3 is 1.23 bits per heavy atom. The van der Waals surface area contributed by atoms with E-state index in [9.17, 15) is 48.3 Å². The highest BCUT2D eigenvalue weighted by Gasteiger charge is 2.85. The van der Waals surface area contributed by atoms with Crippen LogP contribution in [0.2, 0.25) is 0 Å². The number of hydrogen-bond acceptors (Lipinski definition) is 1. The van der Waals surface area contributed by atoms with Crippen LogP contribution in [-0.4, -0.2) is 37.2 Å². The van der Waals surface area contributed by atoms with Gasteiger partial charge in [-0.2, -0.15) is 48.3 Å². The normalized spacial score (nSPS) is 20.5. The van der Waals surface area contributed by atoms with Gasteiger partial charge in [-0.25, -0.2) is 0 Å². The van der Waals surface area contributed by atoms with Crippen molar-refractivity contribution in [3.8, 4) is 0 Å². The maximum atomic E-state index is 13.8. The molecule has 12 heteroatoms. The van der Waals surface area contributed by atoms with Crippen molar-refractivity contribution in [1.29, 1.82) is 0 Å². The third-order valence-electron chi connectivity index (χ3n) is 3.50. The molecule has 0 N–H and O–H groups in total. The maximum Gasteiger partial charge on any atom is 0.454 e. The standard InChI is InChI=1S/C10H11F11O/c1-4-5(2,7(13,14)9(16,17)18)6(11,12)8(15,22-3)10(19,20)21/h4H2,1-3H3. The van der Waals surface area contributed by atoms with Gasteiger partial charge < -0.3 is 4.74 Å². The summed E-state index contributed by atoms with van der Waals surface area (Å²) in [6.07, 6.45) is -15.0. The number of alkyl halides is 11. The van der Waals surface area contributed by atoms with E-state index in [0.29, 0.717) is 6.92 Å². The summed E-state index contributed by atoms with van der Waals surface area (Å²) in [5.41, 5.74) is -4.75. The molecule has 0 rings (SSSR count). The van der Waals surface area contributed by atoms with Crippen LogP contribution in [-0.2, 0) is 4.74 Å². The molecule has 2 unspecified atom stereocenters. The minimum atomic E-state index is -6.62. The van der Waals surface area contributed by atoms with E-state index in [4.69, 9.17) is 0 Å². The third-order valence-corrected chi connectivity index (χ3v) is 3.50. The van der Waals surface area contributed by atoms with Gasteiger partial charge in [0.05, 0.1) is 0 Å². The molecule has 0 spiro atoms. The van der Waals surface area contributed by atoms with Crippen molar-refractivity contribution in [2.24, 2.45) is 5.41 Å². The molecule has 0 amide bonds. The average molecular weight is 356 g/mol. The summed E-state index contributed by atoms with van der Waals surface area (Å²) in [6, 6.07) is 0. The minimum Gasteiger partial charge on any atom is -0.338 e. The van der Waals surface area contributed by atoms with Crippen molar-refractivity contribution < 1.29 is 53.0 Å². The van der Waals surface area contributed by atoms with E-state index < -0.39 is 48.8 Å². The molecule has 2 atom stereocenters. The fourth-order valence-corrected chi connectivity index (χ4v) is 1.73. The van der Waals surface area contributed by atoms with Gasteiger partial charge >= 0.3 is 30.1 Å². The van der Waals surface area contributed by atoms with Crippen molar-refractivity contribution in [2.45, 2.75) is 50.3 Å². The van der Waals surface area contributed by atoms with Gasteiger partial charge in [0.1, 0.15) is 5.41 Å². The lowest BCUT2D eigenvalue weighted by Crippen LogP contribution is -2.69. The molecule has 0 aromatic heterocycles. The van der Waals surface area contributed by atoms with Gasteiger partial charge in [-0.1, -0.05) is 6.92 Å². The van der Waals surface area contributed by atoms with E-state index in [1.165, 1.54) is 0 Å². The Balaban J connectivity index is 6.45. The fraction of sp³-hybridized carbons (Fsp3) is 1.00. The van der Waals surface area contributed by atoms with Crippen molar-refractivity contribution in [2.75, 3.05) is 7.11 Å². The first-order valence-corrected chi connectivity index (χ1v) is 5.50. The fourth-order valence-electron chi connectivity index (χ4n) is 1.73. The Kier molecular flexibility index (Phi) is 5.18. The summed E-state index contributed by atoms with van der Waals surface area (Å²) in [5, 5.41) is 0. The summed E-state index contributed by atoms with van der Waals surface area (Å²) in [6.45, 7) is -0.139. The summed E-state index contributed by atoms with van der Waals surface area (Å²) in [5.74, 6) is -18.6. The molecule has 0 aliphatic heterocycles. The Labute approximate surface area is 117 Å². The number of halogens is 11. The van der Waals surface area contributed by atoms with Crippen LogP contribution in [0.15, 0.2) is 0 Å². The van der Waals surface area contributed by atoms with E-state index in [-0.39, 0.29) is 7.11 Å². The summed E-state index contributed by atoms with van der Waals surface area (Å²) in [4.78, 5) is 0. The molecule has 22 heavy (non-hydrogen) atoms. The number of ether oxygens (including phenoxy) is 1. The highest BCUT2D eigenvalue weighted by atomic mass is 19.4. The van der Waals surface area contributed by atoms with E-state index in [1.807, 2.05) is 0 Å². The third kappa shape index (κ3) is 2.52.